The molecule has 0 radical (unpaired) electrons. The van der Waals surface area contributed by atoms with Crippen LogP contribution in [0.4, 0.5) is 0 Å². The summed E-state index contributed by atoms with van der Waals surface area (Å²) < 4.78 is 17.0. The normalized spacial score (nSPS) is 17.4. The van der Waals surface area contributed by atoms with Crippen LogP contribution in [-0.4, -0.2) is 85.3 Å². The lowest BCUT2D eigenvalue weighted by Gasteiger charge is -2.60. The van der Waals surface area contributed by atoms with E-state index in [1.54, 1.807) is 27.3 Å². The number of carbonyl (C=O) groups is 1. The molecule has 0 atom stereocenters. The first-order valence-corrected chi connectivity index (χ1v) is 17.5. The zero-order valence-electron chi connectivity index (χ0n) is 28.1. The standard InChI is InChI=1S/C38H41Cl2N5O4/c1-24(46)45-22-38(23-45)20-44(21-38)19-27-9-10-32(43-37(27)48-3)31-6-4-5-29(34(31)39)30-11-14-41-36(35(30)40)25-7-8-26(33(17-25)47-2)18-42-28-12-15-49-16-13-28/h4-11,14,17,28,42H,12-13,15-16,18-23H2,1-3H3. The molecule has 9 nitrogen and oxygen atoms in total. The van der Waals surface area contributed by atoms with Crippen LogP contribution in [0.1, 0.15) is 30.9 Å². The Hall–Kier alpha value is -3.73. The van der Waals surface area contributed by atoms with Crippen LogP contribution in [0.25, 0.3) is 33.6 Å². The van der Waals surface area contributed by atoms with Gasteiger partial charge in [-0.05, 0) is 31.0 Å². The fourth-order valence-electron chi connectivity index (χ4n) is 7.34. The number of nitrogens with one attached hydrogen (secondary N) is 1. The minimum atomic E-state index is 0.153. The molecule has 3 saturated heterocycles. The summed E-state index contributed by atoms with van der Waals surface area (Å²) in [6.45, 7) is 8.30. The van der Waals surface area contributed by atoms with E-state index in [-0.39, 0.29) is 11.3 Å². The summed E-state index contributed by atoms with van der Waals surface area (Å²) in [5, 5.41) is 4.68. The molecule has 5 heterocycles. The number of likely N-dealkylation sites (tertiary alicyclic amines) is 2. The molecule has 3 aliphatic rings. The Bertz CT molecular complexity index is 1850. The van der Waals surface area contributed by atoms with Gasteiger partial charge in [0.15, 0.2) is 0 Å². The zero-order chi connectivity index (χ0) is 34.1. The van der Waals surface area contributed by atoms with Crippen molar-refractivity contribution in [3.05, 3.63) is 82.0 Å². The molecule has 0 unspecified atom stereocenters. The summed E-state index contributed by atoms with van der Waals surface area (Å²) in [6, 6.07) is 18.3. The van der Waals surface area contributed by atoms with Crippen molar-refractivity contribution >= 4 is 29.1 Å². The molecular formula is C38H41Cl2N5O4. The smallest absolute Gasteiger partial charge is 0.219 e. The summed E-state index contributed by atoms with van der Waals surface area (Å²) in [4.78, 5) is 25.4. The van der Waals surface area contributed by atoms with Crippen molar-refractivity contribution < 1.29 is 19.0 Å². The third-order valence-corrected chi connectivity index (χ3v) is 10.7. The number of hydrogen-bond donors (Lipinski definition) is 1. The first kappa shape index (κ1) is 33.8. The van der Waals surface area contributed by atoms with E-state index in [0.717, 1.165) is 97.9 Å². The Morgan fingerprint density at radius 2 is 1.67 bits per heavy atom. The van der Waals surface area contributed by atoms with Crippen LogP contribution < -0.4 is 14.8 Å². The highest BCUT2D eigenvalue weighted by molar-refractivity contribution is 6.39. The Balaban J connectivity index is 1.09. The molecule has 11 heteroatoms. The number of methoxy groups -OCH3 is 2. The predicted octanol–water partition coefficient (Wildman–Crippen LogP) is 6.73. The molecule has 2 aromatic carbocycles. The van der Waals surface area contributed by atoms with Gasteiger partial charge in [0.05, 0.1) is 35.7 Å². The lowest BCUT2D eigenvalue weighted by atomic mass is 9.72. The van der Waals surface area contributed by atoms with E-state index in [1.165, 1.54) is 0 Å². The quantitative estimate of drug-likeness (QED) is 0.195. The van der Waals surface area contributed by atoms with E-state index < -0.39 is 0 Å². The van der Waals surface area contributed by atoms with Crippen molar-refractivity contribution in [2.75, 3.05) is 53.6 Å². The van der Waals surface area contributed by atoms with Crippen molar-refractivity contribution in [2.45, 2.75) is 38.9 Å². The average molecular weight is 703 g/mol. The largest absolute Gasteiger partial charge is 0.496 e. The molecule has 0 bridgehead atoms. The summed E-state index contributed by atoms with van der Waals surface area (Å²) >= 11 is 14.2. The third kappa shape index (κ3) is 6.87. The van der Waals surface area contributed by atoms with Gasteiger partial charge in [-0.1, -0.05) is 59.6 Å². The van der Waals surface area contributed by atoms with Gasteiger partial charge in [-0.2, -0.15) is 0 Å². The summed E-state index contributed by atoms with van der Waals surface area (Å²) in [6.07, 6.45) is 3.77. The molecule has 7 rings (SSSR count). The van der Waals surface area contributed by atoms with Gasteiger partial charge < -0.3 is 24.4 Å². The Kier molecular flexibility index (Phi) is 9.81. The van der Waals surface area contributed by atoms with E-state index in [1.807, 2.05) is 47.4 Å². The van der Waals surface area contributed by atoms with Crippen molar-refractivity contribution in [3.8, 4) is 45.3 Å². The first-order chi connectivity index (χ1) is 23.8. The highest BCUT2D eigenvalue weighted by atomic mass is 35.5. The molecule has 1 N–H and O–H groups in total. The van der Waals surface area contributed by atoms with Crippen molar-refractivity contribution in [2.24, 2.45) is 5.41 Å². The van der Waals surface area contributed by atoms with Gasteiger partial charge in [0, 0.05) is 110 Å². The molecule has 3 fully saturated rings. The van der Waals surface area contributed by atoms with Gasteiger partial charge in [-0.3, -0.25) is 14.7 Å². The number of amides is 1. The van der Waals surface area contributed by atoms with E-state index in [9.17, 15) is 4.79 Å². The Labute approximate surface area is 297 Å². The van der Waals surface area contributed by atoms with Crippen LogP contribution in [0, 0.1) is 5.41 Å². The summed E-state index contributed by atoms with van der Waals surface area (Å²) in [5.41, 5.74) is 6.88. The summed E-state index contributed by atoms with van der Waals surface area (Å²) in [5.74, 6) is 1.50. The fourth-order valence-corrected chi connectivity index (χ4v) is 7.99. The van der Waals surface area contributed by atoms with E-state index in [0.29, 0.717) is 39.9 Å². The number of rotatable bonds is 10. The third-order valence-electron chi connectivity index (χ3n) is 9.96. The highest BCUT2D eigenvalue weighted by Crippen LogP contribution is 2.43. The predicted molar refractivity (Wildman–Crippen MR) is 192 cm³/mol. The average Bonchev–Trinajstić information content (AvgIpc) is 3.08. The fraction of sp³-hybridized carbons (Fsp3) is 0.395. The zero-order valence-corrected chi connectivity index (χ0v) is 29.6. The van der Waals surface area contributed by atoms with Crippen LogP contribution in [0.2, 0.25) is 10.0 Å². The molecule has 1 spiro atoms. The van der Waals surface area contributed by atoms with E-state index in [4.69, 9.17) is 42.4 Å². The lowest BCUT2D eigenvalue weighted by molar-refractivity contribution is -0.157. The number of halogens is 2. The number of benzene rings is 2. The summed E-state index contributed by atoms with van der Waals surface area (Å²) in [7, 11) is 3.33. The Morgan fingerprint density at radius 3 is 2.41 bits per heavy atom. The SMILES string of the molecule is COc1cc(-c2nccc(-c3cccc(-c4ccc(CN5CC6(C5)CN(C(C)=O)C6)c(OC)n4)c3Cl)c2Cl)ccc1CNC1CCOCC1. The maximum atomic E-state index is 11.6. The number of pyridine rings is 2. The lowest BCUT2D eigenvalue weighted by Crippen LogP contribution is -2.72. The molecule has 4 aromatic rings. The minimum Gasteiger partial charge on any atom is -0.496 e. The van der Waals surface area contributed by atoms with E-state index >= 15 is 0 Å². The van der Waals surface area contributed by atoms with Gasteiger partial charge in [-0.25, -0.2) is 4.98 Å². The molecule has 0 aliphatic carbocycles. The van der Waals surface area contributed by atoms with Crippen LogP contribution in [0.5, 0.6) is 11.6 Å². The van der Waals surface area contributed by atoms with Crippen molar-refractivity contribution in [1.82, 2.24) is 25.1 Å². The van der Waals surface area contributed by atoms with Gasteiger partial charge in [0.25, 0.3) is 0 Å². The molecule has 256 valence electrons. The maximum Gasteiger partial charge on any atom is 0.219 e. The molecule has 2 aromatic heterocycles. The molecule has 3 aliphatic heterocycles. The molecule has 0 saturated carbocycles. The highest BCUT2D eigenvalue weighted by Gasteiger charge is 2.52. The topological polar surface area (TPSA) is 89.1 Å². The number of nitrogens with zero attached hydrogens (tertiary/aromatic N) is 4. The maximum absolute atomic E-state index is 11.6. The van der Waals surface area contributed by atoms with Crippen molar-refractivity contribution in [1.29, 1.82) is 0 Å². The first-order valence-electron chi connectivity index (χ1n) is 16.7. The second-order valence-corrected chi connectivity index (χ2v) is 14.1. The van der Waals surface area contributed by atoms with Crippen LogP contribution >= 0.6 is 23.2 Å². The van der Waals surface area contributed by atoms with Gasteiger partial charge in [-0.15, -0.1) is 0 Å². The van der Waals surface area contributed by atoms with E-state index in [2.05, 4.69) is 27.3 Å². The monoisotopic (exact) mass is 701 g/mol. The Morgan fingerprint density at radius 1 is 0.939 bits per heavy atom. The number of hydrogen-bond acceptors (Lipinski definition) is 8. The number of carbonyl (C=O) groups excluding carboxylic acids is 1. The number of ether oxygens (including phenoxy) is 3. The van der Waals surface area contributed by atoms with Crippen LogP contribution in [0.15, 0.2) is 60.8 Å². The molecule has 1 amide bonds. The van der Waals surface area contributed by atoms with Gasteiger partial charge in [0.1, 0.15) is 5.75 Å². The molecule has 49 heavy (non-hydrogen) atoms. The van der Waals surface area contributed by atoms with Crippen molar-refractivity contribution in [3.63, 3.8) is 0 Å². The number of aromatic nitrogens is 2. The van der Waals surface area contributed by atoms with Gasteiger partial charge in [0.2, 0.25) is 11.8 Å². The second kappa shape index (κ2) is 14.2. The van der Waals surface area contributed by atoms with Gasteiger partial charge >= 0.3 is 0 Å². The minimum absolute atomic E-state index is 0.153. The second-order valence-electron chi connectivity index (χ2n) is 13.4. The van der Waals surface area contributed by atoms with Crippen LogP contribution in [0.3, 0.4) is 0 Å². The van der Waals surface area contributed by atoms with Crippen LogP contribution in [-0.2, 0) is 22.6 Å². The molecular weight excluding hydrogens is 661 g/mol.